The maximum Gasteiger partial charge on any atom is 0.245 e. The van der Waals surface area contributed by atoms with Crippen LogP contribution in [-0.2, 0) is 29.3 Å². The Balaban J connectivity index is 1.14. The minimum atomic E-state index is 0.152. The molecule has 0 amide bonds. The van der Waals surface area contributed by atoms with Crippen LogP contribution in [-0.4, -0.2) is 48.9 Å². The highest BCUT2D eigenvalue weighted by molar-refractivity contribution is 7.98. The molecule has 0 fully saturated rings. The fraction of sp³-hybridized carbons (Fsp3) is 0.333. The zero-order chi connectivity index (χ0) is 29.4. The molecule has 0 saturated carbocycles. The van der Waals surface area contributed by atoms with Gasteiger partial charge in [0.15, 0.2) is 39.0 Å². The Kier molecular flexibility index (Phi) is 6.32. The second-order valence-corrected chi connectivity index (χ2v) is 14.2. The summed E-state index contributed by atoms with van der Waals surface area (Å²) in [5, 5.41) is 21.5. The van der Waals surface area contributed by atoms with Crippen LogP contribution in [0, 0.1) is 5.92 Å². The lowest BCUT2D eigenvalue weighted by atomic mass is 9.96. The fourth-order valence-electron chi connectivity index (χ4n) is 5.83. The van der Waals surface area contributed by atoms with Gasteiger partial charge in [-0.25, -0.2) is 8.80 Å². The Hall–Kier alpha value is -3.72. The molecule has 44 heavy (non-hydrogen) atoms. The van der Waals surface area contributed by atoms with Crippen molar-refractivity contribution in [3.63, 3.8) is 0 Å². The van der Waals surface area contributed by atoms with Gasteiger partial charge in [-0.3, -0.25) is 0 Å². The molecule has 0 aliphatic carbocycles. The summed E-state index contributed by atoms with van der Waals surface area (Å²) >= 11 is 4.99. The molecular formula is C30H26N6O5S3. The molecule has 0 radical (unpaired) electrons. The van der Waals surface area contributed by atoms with Gasteiger partial charge >= 0.3 is 0 Å². The average Bonchev–Trinajstić information content (AvgIpc) is 3.86. The van der Waals surface area contributed by atoms with E-state index in [2.05, 4.69) is 39.9 Å². The summed E-state index contributed by atoms with van der Waals surface area (Å²) in [7, 11) is 0. The van der Waals surface area contributed by atoms with Crippen molar-refractivity contribution in [2.75, 3.05) is 13.6 Å². The molecule has 0 spiro atoms. The number of thiophene rings is 1. The van der Waals surface area contributed by atoms with Gasteiger partial charge in [-0.15, -0.1) is 31.7 Å². The fourth-order valence-corrected chi connectivity index (χ4v) is 8.88. The molecule has 11 nitrogen and oxygen atoms in total. The van der Waals surface area contributed by atoms with E-state index in [0.717, 1.165) is 66.7 Å². The normalized spacial score (nSPS) is 17.0. The van der Waals surface area contributed by atoms with Crippen molar-refractivity contribution >= 4 is 56.5 Å². The third-order valence-corrected chi connectivity index (χ3v) is 11.3. The Bertz CT molecular complexity index is 2090. The van der Waals surface area contributed by atoms with Crippen LogP contribution < -0.4 is 18.9 Å². The average molecular weight is 647 g/mol. The molecule has 9 rings (SSSR count). The van der Waals surface area contributed by atoms with Crippen molar-refractivity contribution in [3.05, 3.63) is 58.0 Å². The smallest absolute Gasteiger partial charge is 0.245 e. The SMILES string of the molecule is CC(C)C1Cc2c(sc3c2c2nnc(SCc4ccc5c(c4)OCO5)n2c2nnc(SCc4ccc5c(c4)OCO5)n32)CO1. The molecule has 0 N–H and O–H groups in total. The summed E-state index contributed by atoms with van der Waals surface area (Å²) in [6.07, 6.45) is 0.988. The number of fused-ring (bicyclic) bond motifs is 10. The number of hydrogen-bond donors (Lipinski definition) is 0. The van der Waals surface area contributed by atoms with E-state index in [9.17, 15) is 0 Å². The first-order valence-corrected chi connectivity index (χ1v) is 17.1. The summed E-state index contributed by atoms with van der Waals surface area (Å²) in [5.41, 5.74) is 4.33. The molecule has 0 saturated heterocycles. The number of benzene rings is 2. The molecule has 3 aliphatic rings. The first-order chi connectivity index (χ1) is 21.6. The maximum atomic E-state index is 6.27. The van der Waals surface area contributed by atoms with Gasteiger partial charge in [0, 0.05) is 22.8 Å². The van der Waals surface area contributed by atoms with Crippen LogP contribution in [0.3, 0.4) is 0 Å². The zero-order valence-corrected chi connectivity index (χ0v) is 26.3. The number of aromatic nitrogens is 6. The highest BCUT2D eigenvalue weighted by Gasteiger charge is 2.30. The van der Waals surface area contributed by atoms with Crippen LogP contribution in [0.2, 0.25) is 0 Å². The van der Waals surface area contributed by atoms with E-state index in [-0.39, 0.29) is 19.7 Å². The van der Waals surface area contributed by atoms with E-state index in [1.807, 2.05) is 24.3 Å². The van der Waals surface area contributed by atoms with E-state index in [0.29, 0.717) is 29.8 Å². The molecule has 6 aromatic rings. The lowest BCUT2D eigenvalue weighted by Gasteiger charge is -2.26. The van der Waals surface area contributed by atoms with Gasteiger partial charge in [-0.1, -0.05) is 49.5 Å². The largest absolute Gasteiger partial charge is 0.454 e. The van der Waals surface area contributed by atoms with Gasteiger partial charge in [-0.05, 0) is 46.9 Å². The van der Waals surface area contributed by atoms with E-state index in [4.69, 9.17) is 39.0 Å². The number of hydrogen-bond acceptors (Lipinski definition) is 12. The summed E-state index contributed by atoms with van der Waals surface area (Å²) in [4.78, 5) is 2.30. The van der Waals surface area contributed by atoms with Crippen LogP contribution in [0.25, 0.3) is 21.6 Å². The van der Waals surface area contributed by atoms with Crippen molar-refractivity contribution in [1.29, 1.82) is 0 Å². The maximum absolute atomic E-state index is 6.27. The highest BCUT2D eigenvalue weighted by atomic mass is 32.2. The van der Waals surface area contributed by atoms with Gasteiger partial charge in [0.1, 0.15) is 4.83 Å². The third-order valence-electron chi connectivity index (χ3n) is 8.14. The summed E-state index contributed by atoms with van der Waals surface area (Å²) in [6, 6.07) is 12.1. The van der Waals surface area contributed by atoms with E-state index in [1.54, 1.807) is 34.9 Å². The number of ether oxygens (including phenoxy) is 5. The van der Waals surface area contributed by atoms with Crippen molar-refractivity contribution in [2.24, 2.45) is 5.92 Å². The topological polar surface area (TPSA) is 107 Å². The summed E-state index contributed by atoms with van der Waals surface area (Å²) in [5.74, 6) is 5.59. The van der Waals surface area contributed by atoms with Crippen LogP contribution in [0.4, 0.5) is 0 Å². The lowest BCUT2D eigenvalue weighted by molar-refractivity contribution is 0.00203. The van der Waals surface area contributed by atoms with Crippen LogP contribution >= 0.6 is 34.9 Å². The third kappa shape index (κ3) is 4.30. The number of nitrogens with zero attached hydrogens (tertiary/aromatic N) is 6. The minimum Gasteiger partial charge on any atom is -0.454 e. The quantitative estimate of drug-likeness (QED) is 0.187. The molecule has 3 aliphatic heterocycles. The molecule has 0 bridgehead atoms. The molecule has 7 heterocycles. The second-order valence-electron chi connectivity index (χ2n) is 11.2. The van der Waals surface area contributed by atoms with Crippen LogP contribution in [0.1, 0.15) is 35.4 Å². The lowest BCUT2D eigenvalue weighted by Crippen LogP contribution is -2.26. The van der Waals surface area contributed by atoms with Crippen LogP contribution in [0.15, 0.2) is 46.7 Å². The Morgan fingerprint density at radius 1 is 0.818 bits per heavy atom. The monoisotopic (exact) mass is 646 g/mol. The molecule has 1 atom stereocenters. The predicted molar refractivity (Wildman–Crippen MR) is 166 cm³/mol. The van der Waals surface area contributed by atoms with Gasteiger partial charge < -0.3 is 23.7 Å². The van der Waals surface area contributed by atoms with E-state index < -0.39 is 0 Å². The predicted octanol–water partition coefficient (Wildman–Crippen LogP) is 6.13. The molecule has 1 unspecified atom stereocenters. The van der Waals surface area contributed by atoms with Crippen molar-refractivity contribution in [1.82, 2.24) is 29.2 Å². The molecule has 224 valence electrons. The minimum absolute atomic E-state index is 0.152. The highest BCUT2D eigenvalue weighted by Crippen LogP contribution is 2.42. The first-order valence-electron chi connectivity index (χ1n) is 14.3. The van der Waals surface area contributed by atoms with Crippen molar-refractivity contribution in [2.45, 2.75) is 54.8 Å². The van der Waals surface area contributed by atoms with Gasteiger partial charge in [0.25, 0.3) is 0 Å². The van der Waals surface area contributed by atoms with E-state index >= 15 is 0 Å². The van der Waals surface area contributed by atoms with Gasteiger partial charge in [-0.2, -0.15) is 0 Å². The Morgan fingerprint density at radius 2 is 1.45 bits per heavy atom. The van der Waals surface area contributed by atoms with Gasteiger partial charge in [0.2, 0.25) is 19.4 Å². The molecule has 14 heteroatoms. The van der Waals surface area contributed by atoms with E-state index in [1.165, 1.54) is 10.4 Å². The molecule has 2 aromatic carbocycles. The zero-order valence-electron chi connectivity index (χ0n) is 23.8. The second kappa shape index (κ2) is 10.4. The van der Waals surface area contributed by atoms with Crippen LogP contribution in [0.5, 0.6) is 23.0 Å². The Morgan fingerprint density at radius 3 is 2.14 bits per heavy atom. The first kappa shape index (κ1) is 26.7. The number of rotatable bonds is 7. The summed E-state index contributed by atoms with van der Waals surface area (Å²) < 4.78 is 32.7. The Labute approximate surface area is 263 Å². The standard InChI is InChI=1S/C30H26N6O5S3/c1-15(2)21-9-18-24(10-37-21)44-27-25(18)26-31-33-29(42-11-16-3-5-19-22(7-16)40-13-38-19)35(26)28-32-34-30(36(27)28)43-12-17-4-6-20-23(8-17)41-14-39-20/h3-8,15,21H,9-14H2,1-2H3. The van der Waals surface area contributed by atoms with Crippen molar-refractivity contribution in [3.8, 4) is 23.0 Å². The number of thioether (sulfide) groups is 2. The molecule has 4 aromatic heterocycles. The molecular weight excluding hydrogens is 621 g/mol. The van der Waals surface area contributed by atoms with Crippen molar-refractivity contribution < 1.29 is 23.7 Å². The van der Waals surface area contributed by atoms with Gasteiger partial charge in [0.05, 0.1) is 18.1 Å². The summed E-state index contributed by atoms with van der Waals surface area (Å²) in [6.45, 7) is 5.53.